The Labute approximate surface area is 133 Å². The highest BCUT2D eigenvalue weighted by atomic mass is 79.9. The molecule has 20 heavy (non-hydrogen) atoms. The molecule has 0 aliphatic rings. The normalized spacial score (nSPS) is 9.70. The van der Waals surface area contributed by atoms with E-state index in [0.29, 0.717) is 6.54 Å². The minimum absolute atomic E-state index is 0. The summed E-state index contributed by atoms with van der Waals surface area (Å²) < 4.78 is 2.86. The predicted octanol–water partition coefficient (Wildman–Crippen LogP) is 3.36. The molecular weight excluding hydrogens is 340 g/mol. The smallest absolute Gasteiger partial charge is 0.290 e. The van der Waals surface area contributed by atoms with E-state index in [1.165, 1.54) is 5.56 Å². The molecule has 2 aromatic rings. The van der Waals surface area contributed by atoms with Crippen LogP contribution in [-0.2, 0) is 17.8 Å². The van der Waals surface area contributed by atoms with Crippen molar-refractivity contribution in [2.45, 2.75) is 19.9 Å². The molecular formula is C15H17BrClN2O+. The lowest BCUT2D eigenvalue weighted by molar-refractivity contribution is -0.684. The summed E-state index contributed by atoms with van der Waals surface area (Å²) in [5.74, 6) is -0.0310. The molecule has 1 aromatic carbocycles. The maximum Gasteiger partial charge on any atom is 0.290 e. The van der Waals surface area contributed by atoms with Crippen molar-refractivity contribution in [3.8, 4) is 0 Å². The first-order chi connectivity index (χ1) is 9.17. The molecule has 1 heterocycles. The maximum absolute atomic E-state index is 11.9. The number of rotatable bonds is 4. The van der Waals surface area contributed by atoms with Crippen LogP contribution < -0.4 is 9.88 Å². The van der Waals surface area contributed by atoms with E-state index < -0.39 is 0 Å². The number of carbonyl (C=O) groups is 1. The molecule has 0 atom stereocenters. The number of carbonyl (C=O) groups excluding carboxylic acids is 1. The predicted molar refractivity (Wildman–Crippen MR) is 86.0 cm³/mol. The van der Waals surface area contributed by atoms with Gasteiger partial charge in [0.2, 0.25) is 6.54 Å². The summed E-state index contributed by atoms with van der Waals surface area (Å²) in [6.45, 7) is 2.43. The first-order valence-electron chi connectivity index (χ1n) is 6.21. The van der Waals surface area contributed by atoms with Crippen molar-refractivity contribution in [3.63, 3.8) is 0 Å². The molecule has 2 rings (SSSR count). The molecule has 1 aromatic heterocycles. The summed E-state index contributed by atoms with van der Waals surface area (Å²) in [5, 5.41) is 2.87. The number of nitrogens with one attached hydrogen (secondary N) is 1. The van der Waals surface area contributed by atoms with Crippen LogP contribution in [0.25, 0.3) is 0 Å². The quantitative estimate of drug-likeness (QED) is 0.837. The Morgan fingerprint density at radius 3 is 2.30 bits per heavy atom. The van der Waals surface area contributed by atoms with Crippen molar-refractivity contribution in [1.82, 2.24) is 0 Å². The van der Waals surface area contributed by atoms with Crippen LogP contribution in [0.4, 0.5) is 5.69 Å². The molecule has 0 fully saturated rings. The van der Waals surface area contributed by atoms with Crippen molar-refractivity contribution < 1.29 is 9.36 Å². The first kappa shape index (κ1) is 16.7. The van der Waals surface area contributed by atoms with Gasteiger partial charge in [-0.3, -0.25) is 4.79 Å². The molecule has 3 nitrogen and oxygen atoms in total. The molecule has 0 spiro atoms. The monoisotopic (exact) mass is 355 g/mol. The lowest BCUT2D eigenvalue weighted by atomic mass is 10.2. The summed E-state index contributed by atoms with van der Waals surface area (Å²) in [7, 11) is 0. The second-order valence-electron chi connectivity index (χ2n) is 4.29. The van der Waals surface area contributed by atoms with Crippen LogP contribution in [0.1, 0.15) is 12.5 Å². The Balaban J connectivity index is 0.00000200. The third kappa shape index (κ3) is 4.94. The molecule has 5 heteroatoms. The number of hydrogen-bond acceptors (Lipinski definition) is 1. The van der Waals surface area contributed by atoms with E-state index in [1.807, 2.05) is 53.4 Å². The Hall–Kier alpha value is -1.39. The van der Waals surface area contributed by atoms with Gasteiger partial charge in [-0.1, -0.05) is 22.9 Å². The highest BCUT2D eigenvalue weighted by Gasteiger charge is 2.09. The molecule has 0 unspecified atom stereocenters. The molecule has 0 aliphatic heterocycles. The van der Waals surface area contributed by atoms with Gasteiger partial charge in [-0.25, -0.2) is 0 Å². The highest BCUT2D eigenvalue weighted by Crippen LogP contribution is 2.13. The van der Waals surface area contributed by atoms with E-state index >= 15 is 0 Å². The average Bonchev–Trinajstić information content (AvgIpc) is 2.42. The van der Waals surface area contributed by atoms with Gasteiger partial charge in [0.15, 0.2) is 12.4 Å². The number of amides is 1. The van der Waals surface area contributed by atoms with E-state index in [1.54, 1.807) is 0 Å². The zero-order valence-corrected chi connectivity index (χ0v) is 13.6. The van der Waals surface area contributed by atoms with Crippen LogP contribution in [0.2, 0.25) is 0 Å². The lowest BCUT2D eigenvalue weighted by Gasteiger charge is -2.03. The summed E-state index contributed by atoms with van der Waals surface area (Å²) in [6.07, 6.45) is 4.87. The molecule has 0 aliphatic carbocycles. The van der Waals surface area contributed by atoms with Crippen molar-refractivity contribution in [1.29, 1.82) is 0 Å². The number of anilines is 1. The van der Waals surface area contributed by atoms with Gasteiger partial charge in [0, 0.05) is 22.3 Å². The van der Waals surface area contributed by atoms with Crippen molar-refractivity contribution in [2.24, 2.45) is 0 Å². The Morgan fingerprint density at radius 2 is 1.75 bits per heavy atom. The molecule has 0 saturated heterocycles. The lowest BCUT2D eigenvalue weighted by Crippen LogP contribution is -2.39. The molecule has 1 amide bonds. The second-order valence-corrected chi connectivity index (χ2v) is 5.20. The SMILES string of the molecule is CCc1cc[n+](CC(=O)Nc2ccc(Br)cc2)cc1.Cl. The topological polar surface area (TPSA) is 33.0 Å². The maximum atomic E-state index is 11.9. The van der Waals surface area contributed by atoms with Gasteiger partial charge in [0.25, 0.3) is 5.91 Å². The Kier molecular flexibility index (Phi) is 6.68. The summed E-state index contributed by atoms with van der Waals surface area (Å²) in [4.78, 5) is 11.9. The Morgan fingerprint density at radius 1 is 1.15 bits per heavy atom. The molecule has 0 radical (unpaired) electrons. The molecule has 0 saturated carbocycles. The number of pyridine rings is 1. The largest absolute Gasteiger partial charge is 0.321 e. The van der Waals surface area contributed by atoms with Gasteiger partial charge in [-0.15, -0.1) is 12.4 Å². The number of benzene rings is 1. The molecule has 106 valence electrons. The van der Waals surface area contributed by atoms with E-state index in [4.69, 9.17) is 0 Å². The van der Waals surface area contributed by atoms with Crippen molar-refractivity contribution in [2.75, 3.05) is 5.32 Å². The minimum Gasteiger partial charge on any atom is -0.321 e. The third-order valence-electron chi connectivity index (χ3n) is 2.82. The first-order valence-corrected chi connectivity index (χ1v) is 7.00. The summed E-state index contributed by atoms with van der Waals surface area (Å²) in [5.41, 5.74) is 2.07. The zero-order valence-electron chi connectivity index (χ0n) is 11.2. The van der Waals surface area contributed by atoms with Gasteiger partial charge < -0.3 is 5.32 Å². The highest BCUT2D eigenvalue weighted by molar-refractivity contribution is 9.10. The number of hydrogen-bond donors (Lipinski definition) is 1. The van der Waals surface area contributed by atoms with E-state index in [-0.39, 0.29) is 18.3 Å². The van der Waals surface area contributed by atoms with E-state index in [9.17, 15) is 4.79 Å². The zero-order chi connectivity index (χ0) is 13.7. The number of halogens is 2. The fourth-order valence-corrected chi connectivity index (χ4v) is 1.99. The Bertz CT molecular complexity index is 555. The molecule has 0 bridgehead atoms. The average molecular weight is 357 g/mol. The van der Waals surface area contributed by atoms with Crippen LogP contribution in [0, 0.1) is 0 Å². The number of aromatic nitrogens is 1. The van der Waals surface area contributed by atoms with Gasteiger partial charge in [-0.2, -0.15) is 4.57 Å². The van der Waals surface area contributed by atoms with Crippen molar-refractivity contribution in [3.05, 3.63) is 58.8 Å². The van der Waals surface area contributed by atoms with Gasteiger partial charge in [-0.05, 0) is 36.2 Å². The number of nitrogens with zero attached hydrogens (tertiary/aromatic N) is 1. The summed E-state index contributed by atoms with van der Waals surface area (Å²) in [6, 6.07) is 11.6. The van der Waals surface area contributed by atoms with Crippen LogP contribution in [0.5, 0.6) is 0 Å². The van der Waals surface area contributed by atoms with Gasteiger partial charge >= 0.3 is 0 Å². The standard InChI is InChI=1S/C15H15BrN2O.ClH/c1-2-12-7-9-18(10-8-12)11-15(19)17-14-5-3-13(16)4-6-14;/h3-10H,2,11H2,1H3;1H/p+1. The van der Waals surface area contributed by atoms with Crippen molar-refractivity contribution >= 4 is 39.9 Å². The van der Waals surface area contributed by atoms with E-state index in [2.05, 4.69) is 28.2 Å². The van der Waals surface area contributed by atoms with E-state index in [0.717, 1.165) is 16.6 Å². The van der Waals surface area contributed by atoms with Crippen LogP contribution in [0.15, 0.2) is 53.3 Å². The minimum atomic E-state index is -0.0310. The van der Waals surface area contributed by atoms with Crippen LogP contribution in [-0.4, -0.2) is 5.91 Å². The van der Waals surface area contributed by atoms with Gasteiger partial charge in [0.05, 0.1) is 0 Å². The summed E-state index contributed by atoms with van der Waals surface area (Å²) >= 11 is 3.36. The fourth-order valence-electron chi connectivity index (χ4n) is 1.73. The third-order valence-corrected chi connectivity index (χ3v) is 3.35. The number of aryl methyl sites for hydroxylation is 1. The second kappa shape index (κ2) is 8.02. The van der Waals surface area contributed by atoms with Crippen LogP contribution >= 0.6 is 28.3 Å². The molecule has 1 N–H and O–H groups in total. The fraction of sp³-hybridized carbons (Fsp3) is 0.200. The van der Waals surface area contributed by atoms with Crippen LogP contribution in [0.3, 0.4) is 0 Å². The van der Waals surface area contributed by atoms with Gasteiger partial charge in [0.1, 0.15) is 0 Å².